The maximum atomic E-state index is 12.7. The molecule has 1 aliphatic heterocycles. The highest BCUT2D eigenvalue weighted by atomic mass is 32.1. The fourth-order valence-electron chi connectivity index (χ4n) is 3.41. The normalized spacial score (nSPS) is 14.7. The number of benzene rings is 1. The number of nitrogens with one attached hydrogen (secondary N) is 1. The molecule has 0 bridgehead atoms. The minimum absolute atomic E-state index is 0.00484. The first-order valence-corrected chi connectivity index (χ1v) is 10.4. The van der Waals surface area contributed by atoms with E-state index >= 15 is 0 Å². The maximum absolute atomic E-state index is 12.7. The van der Waals surface area contributed by atoms with Crippen LogP contribution in [-0.2, 0) is 16.1 Å². The van der Waals surface area contributed by atoms with E-state index in [1.807, 2.05) is 36.1 Å². The van der Waals surface area contributed by atoms with Crippen LogP contribution in [0.1, 0.15) is 17.8 Å². The molecule has 1 aliphatic rings. The van der Waals surface area contributed by atoms with Gasteiger partial charge in [-0.25, -0.2) is 0 Å². The standard InChI is InChI=1S/C20H22N6O2S/c1-14-23-24-20(29-14)16-4-2-5-17(12-16)22-19(28)15-6-10-25(11-7-15)18(27)13-26-9-3-8-21-26/h2-5,8-9,12,15H,6-7,10-11,13H2,1H3,(H,22,28). The average Bonchev–Trinajstić information content (AvgIpc) is 3.40. The number of amides is 2. The summed E-state index contributed by atoms with van der Waals surface area (Å²) in [6.07, 6.45) is 4.75. The summed E-state index contributed by atoms with van der Waals surface area (Å²) in [5, 5.41) is 17.0. The van der Waals surface area contributed by atoms with Crippen LogP contribution in [0.15, 0.2) is 42.7 Å². The molecule has 0 saturated carbocycles. The molecule has 4 rings (SSSR count). The summed E-state index contributed by atoms with van der Waals surface area (Å²) >= 11 is 1.52. The summed E-state index contributed by atoms with van der Waals surface area (Å²) in [5.41, 5.74) is 1.69. The van der Waals surface area contributed by atoms with Crippen LogP contribution < -0.4 is 5.32 Å². The van der Waals surface area contributed by atoms with Crippen molar-refractivity contribution in [2.24, 2.45) is 5.92 Å². The van der Waals surface area contributed by atoms with Gasteiger partial charge >= 0.3 is 0 Å². The number of aromatic nitrogens is 4. The Kier molecular flexibility index (Phi) is 5.66. The topological polar surface area (TPSA) is 93.0 Å². The molecule has 1 N–H and O–H groups in total. The summed E-state index contributed by atoms with van der Waals surface area (Å²) in [7, 11) is 0. The van der Waals surface area contributed by atoms with Gasteiger partial charge in [0.2, 0.25) is 11.8 Å². The fourth-order valence-corrected chi connectivity index (χ4v) is 4.10. The highest BCUT2D eigenvalue weighted by molar-refractivity contribution is 7.14. The van der Waals surface area contributed by atoms with E-state index in [-0.39, 0.29) is 24.3 Å². The van der Waals surface area contributed by atoms with Crippen molar-refractivity contribution in [3.05, 3.63) is 47.7 Å². The minimum atomic E-state index is -0.101. The lowest BCUT2D eigenvalue weighted by molar-refractivity contribution is -0.135. The highest BCUT2D eigenvalue weighted by Crippen LogP contribution is 2.26. The molecular weight excluding hydrogens is 388 g/mol. The minimum Gasteiger partial charge on any atom is -0.341 e. The molecule has 1 aromatic carbocycles. The predicted molar refractivity (Wildman–Crippen MR) is 110 cm³/mol. The number of aryl methyl sites for hydroxylation is 1. The highest BCUT2D eigenvalue weighted by Gasteiger charge is 2.27. The fraction of sp³-hybridized carbons (Fsp3) is 0.350. The largest absolute Gasteiger partial charge is 0.341 e. The zero-order chi connectivity index (χ0) is 20.2. The Morgan fingerprint density at radius 3 is 2.72 bits per heavy atom. The molecule has 1 saturated heterocycles. The Bertz CT molecular complexity index is 992. The van der Waals surface area contributed by atoms with Gasteiger partial charge in [0.15, 0.2) is 0 Å². The van der Waals surface area contributed by atoms with Crippen molar-refractivity contribution in [3.63, 3.8) is 0 Å². The first-order valence-electron chi connectivity index (χ1n) is 9.55. The molecule has 3 heterocycles. The number of hydrogen-bond donors (Lipinski definition) is 1. The summed E-state index contributed by atoms with van der Waals surface area (Å²) in [4.78, 5) is 26.9. The number of piperidine rings is 1. The SMILES string of the molecule is Cc1nnc(-c2cccc(NC(=O)C3CCN(C(=O)Cn4cccn4)CC3)c2)s1. The number of carbonyl (C=O) groups is 2. The Hall–Kier alpha value is -3.07. The third-order valence-corrected chi connectivity index (χ3v) is 5.87. The third-order valence-electron chi connectivity index (χ3n) is 4.98. The molecule has 8 nitrogen and oxygen atoms in total. The van der Waals surface area contributed by atoms with Gasteiger partial charge < -0.3 is 10.2 Å². The van der Waals surface area contributed by atoms with Crippen molar-refractivity contribution in [2.45, 2.75) is 26.3 Å². The van der Waals surface area contributed by atoms with E-state index in [4.69, 9.17) is 0 Å². The second-order valence-electron chi connectivity index (χ2n) is 7.05. The second kappa shape index (κ2) is 8.52. The van der Waals surface area contributed by atoms with Crippen LogP contribution in [0.3, 0.4) is 0 Å². The quantitative estimate of drug-likeness (QED) is 0.698. The first kappa shape index (κ1) is 19.3. The van der Waals surface area contributed by atoms with E-state index in [9.17, 15) is 9.59 Å². The van der Waals surface area contributed by atoms with Crippen LogP contribution in [0.25, 0.3) is 10.6 Å². The number of anilines is 1. The van der Waals surface area contributed by atoms with E-state index in [2.05, 4.69) is 20.6 Å². The first-order chi connectivity index (χ1) is 14.1. The van der Waals surface area contributed by atoms with Gasteiger partial charge in [-0.15, -0.1) is 10.2 Å². The van der Waals surface area contributed by atoms with Crippen LogP contribution in [0, 0.1) is 12.8 Å². The molecule has 0 spiro atoms. The number of nitrogens with zero attached hydrogens (tertiary/aromatic N) is 5. The summed E-state index contributed by atoms with van der Waals surface area (Å²) in [6.45, 7) is 3.32. The van der Waals surface area contributed by atoms with Gasteiger partial charge in [0, 0.05) is 42.7 Å². The van der Waals surface area contributed by atoms with Crippen LogP contribution >= 0.6 is 11.3 Å². The van der Waals surface area contributed by atoms with Crippen molar-refractivity contribution in [3.8, 4) is 10.6 Å². The Balaban J connectivity index is 1.31. The van der Waals surface area contributed by atoms with Gasteiger partial charge in [0.25, 0.3) is 0 Å². The lowest BCUT2D eigenvalue weighted by Crippen LogP contribution is -2.42. The molecule has 0 atom stereocenters. The predicted octanol–water partition coefficient (Wildman–Crippen LogP) is 2.59. The zero-order valence-corrected chi connectivity index (χ0v) is 16.9. The van der Waals surface area contributed by atoms with Crippen LogP contribution in [0.5, 0.6) is 0 Å². The zero-order valence-electron chi connectivity index (χ0n) is 16.1. The van der Waals surface area contributed by atoms with Gasteiger partial charge in [0.1, 0.15) is 16.6 Å². The summed E-state index contributed by atoms with van der Waals surface area (Å²) in [5.74, 6) is -0.0708. The molecule has 0 aliphatic carbocycles. The molecule has 9 heteroatoms. The van der Waals surface area contributed by atoms with Crippen LogP contribution in [0.4, 0.5) is 5.69 Å². The van der Waals surface area contributed by atoms with Gasteiger partial charge in [0.05, 0.1) is 0 Å². The smallest absolute Gasteiger partial charge is 0.244 e. The van der Waals surface area contributed by atoms with Crippen LogP contribution in [-0.4, -0.2) is 49.8 Å². The van der Waals surface area contributed by atoms with Gasteiger partial charge in [-0.1, -0.05) is 23.5 Å². The Morgan fingerprint density at radius 1 is 1.21 bits per heavy atom. The number of rotatable bonds is 5. The van der Waals surface area contributed by atoms with Crippen LogP contribution in [0.2, 0.25) is 0 Å². The molecule has 150 valence electrons. The molecule has 0 radical (unpaired) electrons. The summed E-state index contributed by atoms with van der Waals surface area (Å²) < 4.78 is 1.62. The molecule has 2 aromatic heterocycles. The van der Waals surface area contributed by atoms with Gasteiger partial charge in [-0.2, -0.15) is 5.10 Å². The van der Waals surface area contributed by atoms with Crippen molar-refractivity contribution >= 4 is 28.8 Å². The molecule has 3 aromatic rings. The van der Waals surface area contributed by atoms with E-state index in [0.29, 0.717) is 25.9 Å². The lowest BCUT2D eigenvalue weighted by atomic mass is 9.95. The molecule has 2 amide bonds. The summed E-state index contributed by atoms with van der Waals surface area (Å²) in [6, 6.07) is 9.45. The van der Waals surface area contributed by atoms with E-state index < -0.39 is 0 Å². The van der Waals surface area contributed by atoms with Crippen molar-refractivity contribution < 1.29 is 9.59 Å². The van der Waals surface area contributed by atoms with E-state index in [0.717, 1.165) is 21.3 Å². The molecular formula is C20H22N6O2S. The molecule has 1 fully saturated rings. The van der Waals surface area contributed by atoms with Crippen molar-refractivity contribution in [1.82, 2.24) is 24.9 Å². The maximum Gasteiger partial charge on any atom is 0.244 e. The molecule has 0 unspecified atom stereocenters. The van der Waals surface area contributed by atoms with E-state index in [1.165, 1.54) is 11.3 Å². The van der Waals surface area contributed by atoms with E-state index in [1.54, 1.807) is 23.1 Å². The lowest BCUT2D eigenvalue weighted by Gasteiger charge is -2.31. The van der Waals surface area contributed by atoms with Gasteiger partial charge in [-0.05, 0) is 38.0 Å². The van der Waals surface area contributed by atoms with Gasteiger partial charge in [-0.3, -0.25) is 14.3 Å². The number of likely N-dealkylation sites (tertiary alicyclic amines) is 1. The monoisotopic (exact) mass is 410 g/mol. The van der Waals surface area contributed by atoms with Crippen molar-refractivity contribution in [2.75, 3.05) is 18.4 Å². The molecule has 29 heavy (non-hydrogen) atoms. The Labute approximate surface area is 172 Å². The number of carbonyl (C=O) groups excluding carboxylic acids is 2. The third kappa shape index (κ3) is 4.68. The average molecular weight is 411 g/mol. The van der Waals surface area contributed by atoms with Crippen molar-refractivity contribution in [1.29, 1.82) is 0 Å². The second-order valence-corrected chi connectivity index (χ2v) is 8.24. The number of hydrogen-bond acceptors (Lipinski definition) is 6. The Morgan fingerprint density at radius 2 is 2.03 bits per heavy atom.